The van der Waals surface area contributed by atoms with E-state index in [1.54, 1.807) is 23.5 Å². The Balaban J connectivity index is 1.99. The van der Waals surface area contributed by atoms with Gasteiger partial charge in [-0.15, -0.1) is 11.3 Å². The minimum Gasteiger partial charge on any atom is -0.478 e. The molecule has 2 aromatic rings. The second-order valence-electron chi connectivity index (χ2n) is 4.92. The standard InChI is InChI=1S/C15H18N2O2S/c1-10-14(20-11(2)16-10)9-17(3)8-12-4-6-13(7-5-12)15(18)19/h4-7H,8-9H2,1-3H3,(H,18,19). The maximum Gasteiger partial charge on any atom is 0.335 e. The van der Waals surface area contributed by atoms with Gasteiger partial charge in [-0.25, -0.2) is 9.78 Å². The average molecular weight is 290 g/mol. The molecular formula is C15H18N2O2S. The van der Waals surface area contributed by atoms with Crippen molar-refractivity contribution < 1.29 is 9.90 Å². The van der Waals surface area contributed by atoms with E-state index in [4.69, 9.17) is 5.11 Å². The lowest BCUT2D eigenvalue weighted by Gasteiger charge is -2.16. The van der Waals surface area contributed by atoms with E-state index in [1.807, 2.05) is 26.0 Å². The van der Waals surface area contributed by atoms with Crippen LogP contribution in [-0.4, -0.2) is 28.0 Å². The lowest BCUT2D eigenvalue weighted by molar-refractivity contribution is 0.0697. The number of nitrogens with zero attached hydrogens (tertiary/aromatic N) is 2. The van der Waals surface area contributed by atoms with E-state index in [0.717, 1.165) is 29.4 Å². The molecule has 5 heteroatoms. The Morgan fingerprint density at radius 2 is 1.90 bits per heavy atom. The molecule has 0 saturated carbocycles. The molecule has 1 N–H and O–H groups in total. The third-order valence-electron chi connectivity index (χ3n) is 3.07. The van der Waals surface area contributed by atoms with E-state index in [2.05, 4.69) is 16.9 Å². The highest BCUT2D eigenvalue weighted by atomic mass is 32.1. The summed E-state index contributed by atoms with van der Waals surface area (Å²) in [4.78, 5) is 18.7. The predicted octanol–water partition coefficient (Wildman–Crippen LogP) is 3.09. The molecule has 2 rings (SSSR count). The number of thiazole rings is 1. The maximum atomic E-state index is 10.8. The molecule has 20 heavy (non-hydrogen) atoms. The smallest absolute Gasteiger partial charge is 0.335 e. The van der Waals surface area contributed by atoms with Crippen LogP contribution in [-0.2, 0) is 13.1 Å². The van der Waals surface area contributed by atoms with Crippen LogP contribution in [0.3, 0.4) is 0 Å². The third kappa shape index (κ3) is 3.65. The largest absolute Gasteiger partial charge is 0.478 e. The van der Waals surface area contributed by atoms with Gasteiger partial charge in [0, 0.05) is 18.0 Å². The Bertz CT molecular complexity index is 605. The fourth-order valence-corrected chi connectivity index (χ4v) is 3.10. The van der Waals surface area contributed by atoms with Crippen molar-refractivity contribution in [3.05, 3.63) is 51.0 Å². The van der Waals surface area contributed by atoms with Crippen LogP contribution in [0.15, 0.2) is 24.3 Å². The molecule has 1 aromatic carbocycles. The van der Waals surface area contributed by atoms with Crippen LogP contribution >= 0.6 is 11.3 Å². The third-order valence-corrected chi connectivity index (χ3v) is 4.12. The molecule has 0 aliphatic carbocycles. The molecule has 1 heterocycles. The van der Waals surface area contributed by atoms with Gasteiger partial charge < -0.3 is 5.11 Å². The molecule has 0 saturated heterocycles. The van der Waals surface area contributed by atoms with Crippen LogP contribution in [0, 0.1) is 13.8 Å². The summed E-state index contributed by atoms with van der Waals surface area (Å²) in [7, 11) is 2.06. The Hall–Kier alpha value is -1.72. The summed E-state index contributed by atoms with van der Waals surface area (Å²) in [6.45, 7) is 5.70. The highest BCUT2D eigenvalue weighted by Gasteiger charge is 2.09. The summed E-state index contributed by atoms with van der Waals surface area (Å²) >= 11 is 1.73. The molecule has 0 radical (unpaired) electrons. The molecule has 0 unspecified atom stereocenters. The first kappa shape index (κ1) is 14.7. The highest BCUT2D eigenvalue weighted by Crippen LogP contribution is 2.19. The van der Waals surface area contributed by atoms with E-state index in [-0.39, 0.29) is 0 Å². The summed E-state index contributed by atoms with van der Waals surface area (Å²) in [5, 5.41) is 9.96. The molecule has 0 bridgehead atoms. The topological polar surface area (TPSA) is 53.4 Å². The van der Waals surface area contributed by atoms with Gasteiger partial charge >= 0.3 is 5.97 Å². The van der Waals surface area contributed by atoms with Gasteiger partial charge in [0.05, 0.1) is 16.3 Å². The van der Waals surface area contributed by atoms with Crippen molar-refractivity contribution in [1.29, 1.82) is 0 Å². The van der Waals surface area contributed by atoms with Crippen LogP contribution < -0.4 is 0 Å². The second-order valence-corrected chi connectivity index (χ2v) is 6.20. The fraction of sp³-hybridized carbons (Fsp3) is 0.333. The lowest BCUT2D eigenvalue weighted by Crippen LogP contribution is -2.17. The zero-order chi connectivity index (χ0) is 14.7. The maximum absolute atomic E-state index is 10.8. The van der Waals surface area contributed by atoms with Crippen molar-refractivity contribution in [2.45, 2.75) is 26.9 Å². The number of hydrogen-bond acceptors (Lipinski definition) is 4. The lowest BCUT2D eigenvalue weighted by atomic mass is 10.1. The van der Waals surface area contributed by atoms with Crippen molar-refractivity contribution in [3.8, 4) is 0 Å². The van der Waals surface area contributed by atoms with Crippen molar-refractivity contribution in [2.75, 3.05) is 7.05 Å². The van der Waals surface area contributed by atoms with Crippen LogP contribution in [0.25, 0.3) is 0 Å². The number of aromatic nitrogens is 1. The second kappa shape index (κ2) is 6.15. The first-order valence-corrected chi connectivity index (χ1v) is 7.21. The Labute approximate surface area is 122 Å². The van der Waals surface area contributed by atoms with Crippen molar-refractivity contribution in [1.82, 2.24) is 9.88 Å². The molecule has 0 aliphatic heterocycles. The van der Waals surface area contributed by atoms with Gasteiger partial charge in [0.1, 0.15) is 0 Å². The number of carboxylic acid groups (broad SMARTS) is 1. The van der Waals surface area contributed by atoms with Gasteiger partial charge in [0.15, 0.2) is 0 Å². The number of carboxylic acids is 1. The summed E-state index contributed by atoms with van der Waals surface area (Å²) in [6, 6.07) is 7.02. The number of aromatic carboxylic acids is 1. The minimum atomic E-state index is -0.888. The zero-order valence-corrected chi connectivity index (χ0v) is 12.7. The van der Waals surface area contributed by atoms with E-state index in [0.29, 0.717) is 5.56 Å². The average Bonchev–Trinajstić information content (AvgIpc) is 2.68. The quantitative estimate of drug-likeness (QED) is 0.919. The Morgan fingerprint density at radius 3 is 2.40 bits per heavy atom. The number of carbonyl (C=O) groups is 1. The van der Waals surface area contributed by atoms with Crippen LogP contribution in [0.2, 0.25) is 0 Å². The van der Waals surface area contributed by atoms with E-state index in [1.165, 1.54) is 4.88 Å². The number of rotatable bonds is 5. The molecule has 106 valence electrons. The summed E-state index contributed by atoms with van der Waals surface area (Å²) in [5.41, 5.74) is 2.53. The minimum absolute atomic E-state index is 0.324. The van der Waals surface area contributed by atoms with Crippen LogP contribution in [0.1, 0.15) is 31.5 Å². The normalized spacial score (nSPS) is 11.0. The highest BCUT2D eigenvalue weighted by molar-refractivity contribution is 7.11. The first-order chi connectivity index (χ1) is 9.45. The fourth-order valence-electron chi connectivity index (χ4n) is 2.09. The van der Waals surface area contributed by atoms with Gasteiger partial charge in [-0.2, -0.15) is 0 Å². The Morgan fingerprint density at radius 1 is 1.25 bits per heavy atom. The molecule has 4 nitrogen and oxygen atoms in total. The molecule has 0 atom stereocenters. The number of hydrogen-bond donors (Lipinski definition) is 1. The Kier molecular flexibility index (Phi) is 4.52. The molecule has 0 fully saturated rings. The van der Waals surface area contributed by atoms with Crippen LogP contribution in [0.4, 0.5) is 0 Å². The van der Waals surface area contributed by atoms with E-state index < -0.39 is 5.97 Å². The molecule has 1 aromatic heterocycles. The zero-order valence-electron chi connectivity index (χ0n) is 11.9. The monoisotopic (exact) mass is 290 g/mol. The van der Waals surface area contributed by atoms with Crippen LogP contribution in [0.5, 0.6) is 0 Å². The van der Waals surface area contributed by atoms with Gasteiger partial charge in [0.25, 0.3) is 0 Å². The van der Waals surface area contributed by atoms with Gasteiger partial charge in [-0.3, -0.25) is 4.90 Å². The number of aryl methyl sites for hydroxylation is 2. The van der Waals surface area contributed by atoms with E-state index >= 15 is 0 Å². The van der Waals surface area contributed by atoms with Gasteiger partial charge in [-0.1, -0.05) is 12.1 Å². The summed E-state index contributed by atoms with van der Waals surface area (Å²) in [5.74, 6) is -0.888. The van der Waals surface area contributed by atoms with Crippen molar-refractivity contribution in [2.24, 2.45) is 0 Å². The molecule has 0 amide bonds. The van der Waals surface area contributed by atoms with Crippen molar-refractivity contribution >= 4 is 17.3 Å². The van der Waals surface area contributed by atoms with E-state index in [9.17, 15) is 4.79 Å². The molecular weight excluding hydrogens is 272 g/mol. The van der Waals surface area contributed by atoms with Gasteiger partial charge in [-0.05, 0) is 38.6 Å². The van der Waals surface area contributed by atoms with Gasteiger partial charge in [0.2, 0.25) is 0 Å². The SMILES string of the molecule is Cc1nc(C)c(CN(C)Cc2ccc(C(=O)O)cc2)s1. The molecule has 0 aliphatic rings. The summed E-state index contributed by atoms with van der Waals surface area (Å²) in [6.07, 6.45) is 0. The van der Waals surface area contributed by atoms with Crippen molar-refractivity contribution in [3.63, 3.8) is 0 Å². The summed E-state index contributed by atoms with van der Waals surface area (Å²) < 4.78 is 0. The number of benzene rings is 1. The molecule has 0 spiro atoms. The first-order valence-electron chi connectivity index (χ1n) is 6.39. The predicted molar refractivity (Wildman–Crippen MR) is 80.2 cm³/mol.